The van der Waals surface area contributed by atoms with E-state index in [0.29, 0.717) is 30.6 Å². The molecule has 0 amide bonds. The molecule has 1 saturated heterocycles. The van der Waals surface area contributed by atoms with Gasteiger partial charge in [0, 0.05) is 25.5 Å². The number of ether oxygens (including phenoxy) is 1. The Morgan fingerprint density at radius 2 is 2.04 bits per heavy atom. The van der Waals surface area contributed by atoms with Gasteiger partial charge in [-0.25, -0.2) is 9.97 Å². The Balaban J connectivity index is 1.32. The van der Waals surface area contributed by atoms with E-state index in [1.54, 1.807) is 25.4 Å². The van der Waals surface area contributed by atoms with Crippen molar-refractivity contribution in [3.05, 3.63) is 41.9 Å². The van der Waals surface area contributed by atoms with Crippen molar-refractivity contribution in [3.63, 3.8) is 0 Å². The summed E-state index contributed by atoms with van der Waals surface area (Å²) in [4.78, 5) is 24.0. The van der Waals surface area contributed by atoms with E-state index in [-0.39, 0.29) is 11.9 Å². The van der Waals surface area contributed by atoms with Crippen molar-refractivity contribution >= 4 is 23.3 Å². The van der Waals surface area contributed by atoms with Crippen LogP contribution in [0.15, 0.2) is 40.4 Å². The number of hydrogen-bond donors (Lipinski definition) is 0. The van der Waals surface area contributed by atoms with Gasteiger partial charge in [-0.15, -0.1) is 21.5 Å². The molecule has 0 aromatic carbocycles. The minimum atomic E-state index is -0.575. The number of thiophene rings is 1. The highest BCUT2D eigenvalue weighted by atomic mass is 32.1. The fraction of sp³-hybridized carbons (Fsp3) is 0.389. The molecule has 3 aromatic rings. The molecule has 0 radical (unpaired) electrons. The molecule has 1 unspecified atom stereocenters. The van der Waals surface area contributed by atoms with Crippen molar-refractivity contribution in [2.24, 2.45) is 5.92 Å². The molecule has 1 aliphatic heterocycles. The number of carbonyl (C=O) groups is 1. The van der Waals surface area contributed by atoms with E-state index >= 15 is 0 Å². The van der Waals surface area contributed by atoms with Gasteiger partial charge in [-0.3, -0.25) is 4.79 Å². The van der Waals surface area contributed by atoms with Gasteiger partial charge < -0.3 is 14.1 Å². The van der Waals surface area contributed by atoms with E-state index in [1.807, 2.05) is 17.5 Å². The molecule has 1 aliphatic rings. The summed E-state index contributed by atoms with van der Waals surface area (Å²) >= 11 is 1.52. The first-order valence-electron chi connectivity index (χ1n) is 8.80. The van der Waals surface area contributed by atoms with Crippen molar-refractivity contribution in [1.82, 2.24) is 20.2 Å². The first-order chi connectivity index (χ1) is 13.2. The zero-order valence-corrected chi connectivity index (χ0v) is 15.6. The maximum Gasteiger partial charge on any atom is 0.309 e. The molecule has 1 atom stereocenters. The summed E-state index contributed by atoms with van der Waals surface area (Å²) in [5, 5.41) is 9.97. The third-order valence-electron chi connectivity index (χ3n) is 4.48. The lowest BCUT2D eigenvalue weighted by molar-refractivity contribution is -0.155. The second kappa shape index (κ2) is 7.83. The summed E-state index contributed by atoms with van der Waals surface area (Å²) in [6.45, 7) is 3.19. The Bertz CT molecular complexity index is 876. The predicted octanol–water partition coefficient (Wildman–Crippen LogP) is 3.11. The first kappa shape index (κ1) is 17.6. The average Bonchev–Trinajstić information content (AvgIpc) is 3.40. The monoisotopic (exact) mass is 385 g/mol. The number of esters is 1. The van der Waals surface area contributed by atoms with E-state index in [1.165, 1.54) is 11.3 Å². The lowest BCUT2D eigenvalue weighted by atomic mass is 9.97. The Labute approximate surface area is 160 Å². The largest absolute Gasteiger partial charge is 0.452 e. The molecule has 4 rings (SSSR count). The third-order valence-corrected chi connectivity index (χ3v) is 5.33. The maximum absolute atomic E-state index is 12.5. The lowest BCUT2D eigenvalue weighted by Crippen LogP contribution is -2.38. The number of rotatable bonds is 5. The molecule has 9 heteroatoms. The van der Waals surface area contributed by atoms with E-state index in [9.17, 15) is 4.79 Å². The minimum Gasteiger partial charge on any atom is -0.452 e. The zero-order chi connectivity index (χ0) is 18.6. The molecule has 0 aliphatic carbocycles. The van der Waals surface area contributed by atoms with Crippen LogP contribution in [0.1, 0.15) is 31.8 Å². The summed E-state index contributed by atoms with van der Waals surface area (Å²) in [7, 11) is 0. The van der Waals surface area contributed by atoms with Crippen molar-refractivity contribution in [3.8, 4) is 10.8 Å². The summed E-state index contributed by atoms with van der Waals surface area (Å²) in [6.07, 6.45) is 4.27. The number of carbonyl (C=O) groups excluding carboxylic acids is 1. The smallest absolute Gasteiger partial charge is 0.309 e. The van der Waals surface area contributed by atoms with Gasteiger partial charge in [-0.1, -0.05) is 6.07 Å². The standard InChI is InChI=1S/C18H19N5O3S/c1-12(15-21-22-16(26-15)14-4-2-11-27-14)25-17(24)13-5-9-23(10-6-13)18-19-7-3-8-20-18/h2-4,7-8,11-13H,5-6,9-10H2,1H3. The summed E-state index contributed by atoms with van der Waals surface area (Å²) < 4.78 is 11.2. The Morgan fingerprint density at radius 3 is 2.74 bits per heavy atom. The van der Waals surface area contributed by atoms with Gasteiger partial charge in [0.25, 0.3) is 11.8 Å². The van der Waals surface area contributed by atoms with Gasteiger partial charge in [0.1, 0.15) is 0 Å². The minimum absolute atomic E-state index is 0.146. The van der Waals surface area contributed by atoms with E-state index < -0.39 is 6.10 Å². The normalized spacial score (nSPS) is 16.3. The van der Waals surface area contributed by atoms with Crippen molar-refractivity contribution in [2.75, 3.05) is 18.0 Å². The summed E-state index contributed by atoms with van der Waals surface area (Å²) in [5.41, 5.74) is 0. The molecule has 4 heterocycles. The highest BCUT2D eigenvalue weighted by Crippen LogP contribution is 2.27. The second-order valence-electron chi connectivity index (χ2n) is 6.31. The zero-order valence-electron chi connectivity index (χ0n) is 14.8. The number of nitrogens with zero attached hydrogens (tertiary/aromatic N) is 5. The van der Waals surface area contributed by atoms with E-state index in [0.717, 1.165) is 18.0 Å². The van der Waals surface area contributed by atoms with Crippen LogP contribution in [0.4, 0.5) is 5.95 Å². The van der Waals surface area contributed by atoms with Crippen LogP contribution >= 0.6 is 11.3 Å². The summed E-state index contributed by atoms with van der Waals surface area (Å²) in [5.74, 6) is 1.07. The highest BCUT2D eigenvalue weighted by Gasteiger charge is 2.29. The summed E-state index contributed by atoms with van der Waals surface area (Å²) in [6, 6.07) is 5.61. The molecule has 0 spiro atoms. The maximum atomic E-state index is 12.5. The van der Waals surface area contributed by atoms with E-state index in [2.05, 4.69) is 25.1 Å². The topological polar surface area (TPSA) is 94.2 Å². The van der Waals surface area contributed by atoms with Crippen LogP contribution < -0.4 is 4.90 Å². The van der Waals surface area contributed by atoms with Crippen LogP contribution in [0.25, 0.3) is 10.8 Å². The number of aromatic nitrogens is 4. The van der Waals surface area contributed by atoms with Crippen LogP contribution in [-0.4, -0.2) is 39.2 Å². The second-order valence-corrected chi connectivity index (χ2v) is 7.26. The SMILES string of the molecule is CC(OC(=O)C1CCN(c2ncccn2)CC1)c1nnc(-c2cccs2)o1. The van der Waals surface area contributed by atoms with Crippen molar-refractivity contribution in [2.45, 2.75) is 25.9 Å². The van der Waals surface area contributed by atoms with Gasteiger partial charge >= 0.3 is 5.97 Å². The Hall–Kier alpha value is -2.81. The van der Waals surface area contributed by atoms with Crippen molar-refractivity contribution < 1.29 is 13.9 Å². The fourth-order valence-electron chi connectivity index (χ4n) is 2.99. The average molecular weight is 385 g/mol. The Morgan fingerprint density at radius 1 is 1.26 bits per heavy atom. The number of hydrogen-bond acceptors (Lipinski definition) is 9. The van der Waals surface area contributed by atoms with Crippen LogP contribution in [0.5, 0.6) is 0 Å². The molecule has 8 nitrogen and oxygen atoms in total. The highest BCUT2D eigenvalue weighted by molar-refractivity contribution is 7.13. The molecule has 0 saturated carbocycles. The quantitative estimate of drug-likeness (QED) is 0.618. The molecule has 27 heavy (non-hydrogen) atoms. The van der Waals surface area contributed by atoms with Gasteiger partial charge in [0.15, 0.2) is 6.10 Å². The van der Waals surface area contributed by atoms with E-state index in [4.69, 9.17) is 9.15 Å². The fourth-order valence-corrected chi connectivity index (χ4v) is 3.63. The molecule has 0 bridgehead atoms. The van der Waals surface area contributed by atoms with Crippen LogP contribution in [0, 0.1) is 5.92 Å². The lowest BCUT2D eigenvalue weighted by Gasteiger charge is -2.31. The first-order valence-corrected chi connectivity index (χ1v) is 9.68. The van der Waals surface area contributed by atoms with Crippen LogP contribution in [0.3, 0.4) is 0 Å². The van der Waals surface area contributed by atoms with Gasteiger partial charge in [0.2, 0.25) is 5.95 Å². The molecular weight excluding hydrogens is 366 g/mol. The molecule has 1 fully saturated rings. The molecule has 3 aromatic heterocycles. The number of piperidine rings is 1. The van der Waals surface area contributed by atoms with Gasteiger partial charge in [-0.2, -0.15) is 0 Å². The van der Waals surface area contributed by atoms with Crippen LogP contribution in [0.2, 0.25) is 0 Å². The van der Waals surface area contributed by atoms with Gasteiger partial charge in [0.05, 0.1) is 10.8 Å². The Kier molecular flexibility index (Phi) is 5.10. The number of anilines is 1. The molecule has 0 N–H and O–H groups in total. The predicted molar refractivity (Wildman–Crippen MR) is 99.1 cm³/mol. The molecule has 140 valence electrons. The van der Waals surface area contributed by atoms with Crippen LogP contribution in [-0.2, 0) is 9.53 Å². The third kappa shape index (κ3) is 3.97. The van der Waals surface area contributed by atoms with Crippen molar-refractivity contribution in [1.29, 1.82) is 0 Å². The van der Waals surface area contributed by atoms with Gasteiger partial charge in [-0.05, 0) is 37.3 Å². The molecular formula is C18H19N5O3S.